The summed E-state index contributed by atoms with van der Waals surface area (Å²) < 4.78 is 13.5. The highest BCUT2D eigenvalue weighted by molar-refractivity contribution is 5.86. The lowest BCUT2D eigenvalue weighted by Gasteiger charge is -2.24. The van der Waals surface area contributed by atoms with Crippen molar-refractivity contribution in [1.29, 1.82) is 0 Å². The third-order valence-electron chi connectivity index (χ3n) is 6.82. The first-order valence-corrected chi connectivity index (χ1v) is 13.8. The van der Waals surface area contributed by atoms with Gasteiger partial charge in [-0.2, -0.15) is 0 Å². The molecular formula is C33H34N4O5. The Hall–Kier alpha value is -4.92. The van der Waals surface area contributed by atoms with E-state index in [1.165, 1.54) is 4.90 Å². The number of amides is 1. The Balaban J connectivity index is 1.29. The number of hydrogen-bond donors (Lipinski definition) is 1. The molecule has 0 saturated carbocycles. The van der Waals surface area contributed by atoms with E-state index < -0.39 is 23.7 Å². The van der Waals surface area contributed by atoms with Gasteiger partial charge in [0, 0.05) is 47.8 Å². The summed E-state index contributed by atoms with van der Waals surface area (Å²) in [4.78, 5) is 34.8. The number of pyridine rings is 2. The zero-order valence-corrected chi connectivity index (χ0v) is 24.2. The molecule has 1 atom stereocenters. The van der Waals surface area contributed by atoms with E-state index in [2.05, 4.69) is 9.97 Å². The van der Waals surface area contributed by atoms with E-state index in [-0.39, 0.29) is 6.42 Å². The summed E-state index contributed by atoms with van der Waals surface area (Å²) in [7, 11) is 1.63. The van der Waals surface area contributed by atoms with E-state index in [1.807, 2.05) is 98.3 Å². The van der Waals surface area contributed by atoms with Gasteiger partial charge in [0.2, 0.25) is 0 Å². The molecule has 0 aliphatic heterocycles. The Bertz CT molecular complexity index is 1740. The van der Waals surface area contributed by atoms with Crippen LogP contribution in [0.1, 0.15) is 44.5 Å². The van der Waals surface area contributed by atoms with E-state index in [0.29, 0.717) is 24.6 Å². The third kappa shape index (κ3) is 6.68. The SMILES string of the molecule is CN(C(=O)OC(C)(C)C)c1cccc(CCOc2ccc3c(ccn3C(CC(=O)O)c3cnc4ccccc4c3)c2)n1. The Kier molecular flexibility index (Phi) is 8.10. The molecule has 1 amide bonds. The van der Waals surface area contributed by atoms with Gasteiger partial charge in [-0.15, -0.1) is 0 Å². The van der Waals surface area contributed by atoms with Crippen molar-refractivity contribution in [2.75, 3.05) is 18.6 Å². The average molecular weight is 567 g/mol. The molecule has 3 heterocycles. The van der Waals surface area contributed by atoms with Crippen LogP contribution < -0.4 is 9.64 Å². The van der Waals surface area contributed by atoms with Crippen LogP contribution in [0.25, 0.3) is 21.8 Å². The van der Waals surface area contributed by atoms with Crippen LogP contribution >= 0.6 is 0 Å². The number of aromatic nitrogens is 3. The van der Waals surface area contributed by atoms with Gasteiger partial charge in [0.15, 0.2) is 0 Å². The molecule has 0 spiro atoms. The van der Waals surface area contributed by atoms with Gasteiger partial charge in [-0.05, 0) is 74.9 Å². The van der Waals surface area contributed by atoms with Crippen LogP contribution in [0.2, 0.25) is 0 Å². The number of rotatable bonds is 9. The molecule has 1 N–H and O–H groups in total. The Labute approximate surface area is 244 Å². The van der Waals surface area contributed by atoms with Crippen LogP contribution in [0.5, 0.6) is 5.75 Å². The van der Waals surface area contributed by atoms with Crippen molar-refractivity contribution in [3.63, 3.8) is 0 Å². The largest absolute Gasteiger partial charge is 0.493 e. The molecule has 2 aromatic carbocycles. The first kappa shape index (κ1) is 28.6. The molecule has 9 heteroatoms. The minimum atomic E-state index is -0.884. The van der Waals surface area contributed by atoms with Crippen molar-refractivity contribution in [1.82, 2.24) is 14.5 Å². The van der Waals surface area contributed by atoms with E-state index >= 15 is 0 Å². The zero-order chi connectivity index (χ0) is 29.9. The monoisotopic (exact) mass is 566 g/mol. The first-order valence-electron chi connectivity index (χ1n) is 13.8. The Morgan fingerprint density at radius 3 is 2.60 bits per heavy atom. The summed E-state index contributed by atoms with van der Waals surface area (Å²) in [6.45, 7) is 5.86. The third-order valence-corrected chi connectivity index (χ3v) is 6.82. The number of hydrogen-bond acceptors (Lipinski definition) is 6. The number of carbonyl (C=O) groups is 2. The minimum absolute atomic E-state index is 0.0722. The summed E-state index contributed by atoms with van der Waals surface area (Å²) in [5.74, 6) is 0.316. The van der Waals surface area contributed by atoms with Crippen molar-refractivity contribution in [3.05, 3.63) is 96.4 Å². The number of ether oxygens (including phenoxy) is 2. The lowest BCUT2D eigenvalue weighted by atomic mass is 10.0. The number of aliphatic carboxylic acids is 1. The van der Waals surface area contributed by atoms with Gasteiger partial charge < -0.3 is 19.1 Å². The molecule has 42 heavy (non-hydrogen) atoms. The smallest absolute Gasteiger partial charge is 0.415 e. The van der Waals surface area contributed by atoms with Crippen LogP contribution in [0.4, 0.5) is 10.6 Å². The average Bonchev–Trinajstić information content (AvgIpc) is 3.37. The lowest BCUT2D eigenvalue weighted by Crippen LogP contribution is -2.34. The molecule has 0 radical (unpaired) electrons. The maximum absolute atomic E-state index is 12.4. The molecule has 5 aromatic rings. The summed E-state index contributed by atoms with van der Waals surface area (Å²) >= 11 is 0. The molecule has 0 saturated heterocycles. The number of para-hydroxylation sites is 1. The molecule has 9 nitrogen and oxygen atoms in total. The normalized spacial score (nSPS) is 12.3. The standard InChI is InChI=1S/C33H34N4O5/c1-33(2,3)42-32(40)36(4)30-11-7-9-25(35-30)15-17-41-26-12-13-28-23(19-26)14-16-37(28)29(20-31(38)39)24-18-22-8-5-6-10-27(22)34-21-24/h5-14,16,18-19,21,29H,15,17,20H2,1-4H3,(H,38,39). The van der Waals surface area contributed by atoms with Gasteiger partial charge in [-0.25, -0.2) is 9.78 Å². The first-order chi connectivity index (χ1) is 20.1. The minimum Gasteiger partial charge on any atom is -0.493 e. The van der Waals surface area contributed by atoms with Gasteiger partial charge in [-0.1, -0.05) is 24.3 Å². The van der Waals surface area contributed by atoms with Gasteiger partial charge in [0.25, 0.3) is 0 Å². The molecule has 5 rings (SSSR count). The quantitative estimate of drug-likeness (QED) is 0.213. The molecule has 216 valence electrons. The lowest BCUT2D eigenvalue weighted by molar-refractivity contribution is -0.137. The Morgan fingerprint density at radius 1 is 1.00 bits per heavy atom. The molecule has 0 bridgehead atoms. The molecule has 3 aromatic heterocycles. The fraction of sp³-hybridized carbons (Fsp3) is 0.273. The van der Waals surface area contributed by atoms with Crippen molar-refractivity contribution < 1.29 is 24.2 Å². The summed E-state index contributed by atoms with van der Waals surface area (Å²) in [6.07, 6.45) is 3.68. The van der Waals surface area contributed by atoms with Crippen molar-refractivity contribution in [2.24, 2.45) is 0 Å². The predicted molar refractivity (Wildman–Crippen MR) is 162 cm³/mol. The van der Waals surface area contributed by atoms with Crippen LogP contribution in [0.15, 0.2) is 85.2 Å². The van der Waals surface area contributed by atoms with Crippen LogP contribution in [0.3, 0.4) is 0 Å². The number of carboxylic acid groups (broad SMARTS) is 1. The number of carbonyl (C=O) groups excluding carboxylic acids is 1. The molecular weight excluding hydrogens is 532 g/mol. The fourth-order valence-electron chi connectivity index (χ4n) is 4.81. The number of benzene rings is 2. The number of anilines is 1. The highest BCUT2D eigenvalue weighted by Gasteiger charge is 2.22. The molecule has 1 unspecified atom stereocenters. The van der Waals surface area contributed by atoms with E-state index in [9.17, 15) is 14.7 Å². The van der Waals surface area contributed by atoms with Crippen LogP contribution in [-0.4, -0.2) is 51.0 Å². The van der Waals surface area contributed by atoms with Gasteiger partial charge in [0.1, 0.15) is 17.2 Å². The molecule has 0 fully saturated rings. The number of nitrogens with zero attached hydrogens (tertiary/aromatic N) is 4. The van der Waals surface area contributed by atoms with Crippen LogP contribution in [0, 0.1) is 0 Å². The van der Waals surface area contributed by atoms with E-state index in [4.69, 9.17) is 9.47 Å². The number of fused-ring (bicyclic) bond motifs is 2. The van der Waals surface area contributed by atoms with E-state index in [0.717, 1.165) is 33.1 Å². The maximum atomic E-state index is 12.4. The summed E-state index contributed by atoms with van der Waals surface area (Å²) in [6, 6.07) is 22.6. The maximum Gasteiger partial charge on any atom is 0.415 e. The van der Waals surface area contributed by atoms with Crippen molar-refractivity contribution in [2.45, 2.75) is 45.3 Å². The van der Waals surface area contributed by atoms with Gasteiger partial charge in [0.05, 0.1) is 24.6 Å². The van der Waals surface area contributed by atoms with Gasteiger partial charge in [-0.3, -0.25) is 14.7 Å². The van der Waals surface area contributed by atoms with Crippen molar-refractivity contribution >= 4 is 39.7 Å². The zero-order valence-electron chi connectivity index (χ0n) is 24.2. The molecule has 0 aliphatic carbocycles. The molecule has 0 aliphatic rings. The summed E-state index contributed by atoms with van der Waals surface area (Å²) in [5.41, 5.74) is 2.80. The summed E-state index contributed by atoms with van der Waals surface area (Å²) in [5, 5.41) is 11.6. The second-order valence-corrected chi connectivity index (χ2v) is 11.1. The second-order valence-electron chi connectivity index (χ2n) is 11.1. The highest BCUT2D eigenvalue weighted by Crippen LogP contribution is 2.31. The highest BCUT2D eigenvalue weighted by atomic mass is 16.6. The van der Waals surface area contributed by atoms with Gasteiger partial charge >= 0.3 is 12.1 Å². The number of carboxylic acids is 1. The topological polar surface area (TPSA) is 107 Å². The second kappa shape index (κ2) is 11.9. The Morgan fingerprint density at radius 2 is 1.81 bits per heavy atom. The van der Waals surface area contributed by atoms with Crippen molar-refractivity contribution in [3.8, 4) is 5.75 Å². The fourth-order valence-corrected chi connectivity index (χ4v) is 4.81. The van der Waals surface area contributed by atoms with Crippen LogP contribution in [-0.2, 0) is 16.0 Å². The van der Waals surface area contributed by atoms with E-state index in [1.54, 1.807) is 19.3 Å². The predicted octanol–water partition coefficient (Wildman–Crippen LogP) is 6.64.